The van der Waals surface area contributed by atoms with Gasteiger partial charge in [-0.25, -0.2) is 0 Å². The van der Waals surface area contributed by atoms with E-state index in [-0.39, 0.29) is 0 Å². The second-order valence-corrected chi connectivity index (χ2v) is 6.65. The van der Waals surface area contributed by atoms with Gasteiger partial charge in [0.2, 0.25) is 0 Å². The van der Waals surface area contributed by atoms with Crippen LogP contribution in [-0.2, 0) is 4.74 Å². The van der Waals surface area contributed by atoms with Crippen molar-refractivity contribution in [3.05, 3.63) is 23.7 Å². The van der Waals surface area contributed by atoms with Gasteiger partial charge in [0.15, 0.2) is 0 Å². The number of fused-ring (bicyclic) bond motifs is 2. The smallest absolute Gasteiger partial charge is 0.120 e. The van der Waals surface area contributed by atoms with Gasteiger partial charge in [0, 0.05) is 24.0 Å². The molecule has 2 heterocycles. The summed E-state index contributed by atoms with van der Waals surface area (Å²) in [5.41, 5.74) is 0.455. The molecule has 1 aromatic heterocycles. The summed E-state index contributed by atoms with van der Waals surface area (Å²) in [6, 6.07) is 5.09. The molecular weight excluding hydrogens is 238 g/mol. The summed E-state index contributed by atoms with van der Waals surface area (Å²) in [6.07, 6.45) is 5.84. The van der Waals surface area contributed by atoms with Crippen LogP contribution < -0.4 is 5.32 Å². The van der Waals surface area contributed by atoms with E-state index in [0.29, 0.717) is 23.6 Å². The molecule has 19 heavy (non-hydrogen) atoms. The second-order valence-electron chi connectivity index (χ2n) is 6.65. The highest BCUT2D eigenvalue weighted by molar-refractivity contribution is 5.20. The van der Waals surface area contributed by atoms with Crippen molar-refractivity contribution in [3.63, 3.8) is 0 Å². The van der Waals surface area contributed by atoms with Crippen LogP contribution in [0.1, 0.15) is 50.2 Å². The van der Waals surface area contributed by atoms with Gasteiger partial charge in [-0.15, -0.1) is 0 Å². The molecule has 4 rings (SSSR count). The van der Waals surface area contributed by atoms with Gasteiger partial charge < -0.3 is 14.5 Å². The van der Waals surface area contributed by atoms with Crippen molar-refractivity contribution in [1.82, 2.24) is 5.32 Å². The van der Waals surface area contributed by atoms with Crippen molar-refractivity contribution in [3.8, 4) is 0 Å². The van der Waals surface area contributed by atoms with Gasteiger partial charge in [0.05, 0.1) is 12.1 Å². The van der Waals surface area contributed by atoms with Crippen LogP contribution in [0.2, 0.25) is 0 Å². The summed E-state index contributed by atoms with van der Waals surface area (Å²) in [6.45, 7) is 5.19. The Hall–Kier alpha value is -0.800. The Balaban J connectivity index is 1.50. The molecule has 3 heteroatoms. The zero-order valence-electron chi connectivity index (χ0n) is 11.8. The van der Waals surface area contributed by atoms with Crippen LogP contribution in [-0.4, -0.2) is 18.8 Å². The normalized spacial score (nSPS) is 36.6. The average Bonchev–Trinajstić information content (AvgIpc) is 2.91. The van der Waals surface area contributed by atoms with E-state index in [0.717, 1.165) is 24.0 Å². The van der Waals surface area contributed by atoms with Crippen LogP contribution in [0.15, 0.2) is 16.5 Å². The third-order valence-corrected chi connectivity index (χ3v) is 5.65. The van der Waals surface area contributed by atoms with Crippen molar-refractivity contribution in [2.75, 3.05) is 6.61 Å². The number of nitrogens with one attached hydrogen (secondary N) is 1. The highest BCUT2D eigenvalue weighted by Gasteiger charge is 2.66. The molecule has 1 aromatic rings. The lowest BCUT2D eigenvalue weighted by Gasteiger charge is -2.64. The van der Waals surface area contributed by atoms with Gasteiger partial charge in [0.1, 0.15) is 11.5 Å². The minimum Gasteiger partial charge on any atom is -0.465 e. The number of aryl methyl sites for hydroxylation is 1. The van der Waals surface area contributed by atoms with E-state index in [9.17, 15) is 0 Å². The molecule has 3 nitrogen and oxygen atoms in total. The summed E-state index contributed by atoms with van der Waals surface area (Å²) in [5.74, 6) is 2.80. The van der Waals surface area contributed by atoms with Crippen LogP contribution in [0.25, 0.3) is 0 Å². The lowest BCUT2D eigenvalue weighted by Crippen LogP contribution is -2.71. The first kappa shape index (κ1) is 12.0. The van der Waals surface area contributed by atoms with Crippen LogP contribution in [0.3, 0.4) is 0 Å². The van der Waals surface area contributed by atoms with E-state index in [2.05, 4.69) is 24.4 Å². The van der Waals surface area contributed by atoms with Crippen molar-refractivity contribution in [2.24, 2.45) is 11.3 Å². The van der Waals surface area contributed by atoms with Gasteiger partial charge in [-0.2, -0.15) is 0 Å². The summed E-state index contributed by atoms with van der Waals surface area (Å²) in [4.78, 5) is 0. The molecule has 3 fully saturated rings. The maximum Gasteiger partial charge on any atom is 0.120 e. The second kappa shape index (κ2) is 4.10. The Morgan fingerprint density at radius 2 is 2.21 bits per heavy atom. The van der Waals surface area contributed by atoms with Crippen molar-refractivity contribution < 1.29 is 9.15 Å². The Labute approximate surface area is 114 Å². The molecule has 1 spiro atoms. The molecule has 1 aliphatic heterocycles. The Morgan fingerprint density at radius 1 is 1.37 bits per heavy atom. The number of hydrogen-bond donors (Lipinski definition) is 1. The van der Waals surface area contributed by atoms with E-state index in [1.807, 2.05) is 6.92 Å². The first-order valence-corrected chi connectivity index (χ1v) is 7.65. The molecule has 0 radical (unpaired) electrons. The Kier molecular flexibility index (Phi) is 2.58. The van der Waals surface area contributed by atoms with E-state index in [4.69, 9.17) is 9.15 Å². The largest absolute Gasteiger partial charge is 0.465 e. The monoisotopic (exact) mass is 261 g/mol. The van der Waals surface area contributed by atoms with E-state index in [1.54, 1.807) is 0 Å². The van der Waals surface area contributed by atoms with Gasteiger partial charge in [0.25, 0.3) is 0 Å². The fraction of sp³-hybridized carbons (Fsp3) is 0.750. The Morgan fingerprint density at radius 3 is 2.84 bits per heavy atom. The maximum atomic E-state index is 5.97. The first-order chi connectivity index (χ1) is 9.21. The quantitative estimate of drug-likeness (QED) is 0.907. The summed E-state index contributed by atoms with van der Waals surface area (Å²) in [7, 11) is 0. The predicted octanol–water partition coefficient (Wildman–Crippen LogP) is 3.20. The zero-order valence-corrected chi connectivity index (χ0v) is 11.8. The van der Waals surface area contributed by atoms with Gasteiger partial charge >= 0.3 is 0 Å². The summed E-state index contributed by atoms with van der Waals surface area (Å²) in [5, 5.41) is 3.84. The zero-order chi connectivity index (χ0) is 13.0. The van der Waals surface area contributed by atoms with Crippen LogP contribution in [0.4, 0.5) is 0 Å². The lowest BCUT2D eigenvalue weighted by atomic mass is 9.46. The molecule has 2 aliphatic carbocycles. The molecule has 104 valence electrons. The minimum atomic E-state index is 0.303. The predicted molar refractivity (Wildman–Crippen MR) is 72.9 cm³/mol. The standard InChI is InChI=1S/C16H23NO2/c1-10-4-5-13(19-10)11(2)17-14-12-6-9-18-15(12)16(14)7-3-8-16/h4-5,11-12,14-15,17H,3,6-9H2,1-2H3/t11-,12-,14+,15-/m0/s1. The molecule has 4 atom stereocenters. The topological polar surface area (TPSA) is 34.4 Å². The third-order valence-electron chi connectivity index (χ3n) is 5.65. The van der Waals surface area contributed by atoms with E-state index >= 15 is 0 Å². The van der Waals surface area contributed by atoms with Crippen LogP contribution >= 0.6 is 0 Å². The number of ether oxygens (including phenoxy) is 1. The molecule has 1 saturated heterocycles. The third kappa shape index (κ3) is 1.58. The van der Waals surface area contributed by atoms with Crippen molar-refractivity contribution in [2.45, 2.75) is 57.7 Å². The van der Waals surface area contributed by atoms with Crippen LogP contribution in [0.5, 0.6) is 0 Å². The number of furan rings is 1. The van der Waals surface area contributed by atoms with Gasteiger partial charge in [-0.05, 0) is 45.2 Å². The SMILES string of the molecule is Cc1ccc([C@H](C)N[C@@H]2[C@@H]3CCO[C@@H]3C23CCC3)o1. The fourth-order valence-corrected chi connectivity index (χ4v) is 4.53. The molecule has 0 unspecified atom stereocenters. The number of rotatable bonds is 3. The number of hydrogen-bond acceptors (Lipinski definition) is 3. The molecule has 3 aliphatic rings. The van der Waals surface area contributed by atoms with Crippen LogP contribution in [0, 0.1) is 18.3 Å². The molecular formula is C16H23NO2. The molecule has 1 N–H and O–H groups in total. The van der Waals surface area contributed by atoms with E-state index in [1.165, 1.54) is 25.7 Å². The highest BCUT2D eigenvalue weighted by Crippen LogP contribution is 2.63. The van der Waals surface area contributed by atoms with Gasteiger partial charge in [-0.1, -0.05) is 6.42 Å². The first-order valence-electron chi connectivity index (χ1n) is 7.65. The van der Waals surface area contributed by atoms with Crippen molar-refractivity contribution >= 4 is 0 Å². The lowest BCUT2D eigenvalue weighted by molar-refractivity contribution is -0.178. The van der Waals surface area contributed by atoms with Crippen molar-refractivity contribution in [1.29, 1.82) is 0 Å². The summed E-state index contributed by atoms with van der Waals surface area (Å²) >= 11 is 0. The molecule has 2 saturated carbocycles. The highest BCUT2D eigenvalue weighted by atomic mass is 16.5. The van der Waals surface area contributed by atoms with E-state index < -0.39 is 0 Å². The molecule has 0 aromatic carbocycles. The minimum absolute atomic E-state index is 0.303. The molecule has 0 bridgehead atoms. The maximum absolute atomic E-state index is 5.97. The Bertz CT molecular complexity index is 477. The summed E-state index contributed by atoms with van der Waals surface area (Å²) < 4.78 is 11.7. The average molecular weight is 261 g/mol. The molecule has 0 amide bonds. The van der Waals surface area contributed by atoms with Gasteiger partial charge in [-0.3, -0.25) is 0 Å². The fourth-order valence-electron chi connectivity index (χ4n) is 4.53.